The van der Waals surface area contributed by atoms with E-state index in [0.29, 0.717) is 6.04 Å². The van der Waals surface area contributed by atoms with Crippen molar-refractivity contribution >= 4 is 21.7 Å². The second kappa shape index (κ2) is 4.23. The Morgan fingerprint density at radius 2 is 2.36 bits per heavy atom. The minimum absolute atomic E-state index is 0.510. The molecule has 1 aliphatic rings. The third kappa shape index (κ3) is 2.42. The van der Waals surface area contributed by atoms with Gasteiger partial charge in [-0.05, 0) is 35.9 Å². The van der Waals surface area contributed by atoms with Crippen molar-refractivity contribution in [2.75, 3.05) is 25.5 Å². The van der Waals surface area contributed by atoms with Crippen LogP contribution in [0, 0.1) is 0 Å². The van der Waals surface area contributed by atoms with Crippen molar-refractivity contribution in [1.29, 1.82) is 0 Å². The predicted molar refractivity (Wildman–Crippen MR) is 59.3 cm³/mol. The summed E-state index contributed by atoms with van der Waals surface area (Å²) in [4.78, 5) is 10.7. The highest BCUT2D eigenvalue weighted by molar-refractivity contribution is 9.10. The first-order valence-electron chi connectivity index (χ1n) is 4.66. The molecule has 0 spiro atoms. The smallest absolute Gasteiger partial charge is 0.144 e. The van der Waals surface area contributed by atoms with Gasteiger partial charge in [0.2, 0.25) is 0 Å². The van der Waals surface area contributed by atoms with Crippen LogP contribution in [-0.4, -0.2) is 41.0 Å². The number of likely N-dealkylation sites (N-methyl/N-ethyl adjacent to an activating group) is 1. The molecule has 0 amide bonds. The lowest BCUT2D eigenvalue weighted by atomic mass is 10.3. The van der Waals surface area contributed by atoms with Crippen LogP contribution in [-0.2, 0) is 0 Å². The molecule has 0 radical (unpaired) electrons. The first kappa shape index (κ1) is 9.86. The normalized spacial score (nSPS) is 22.6. The molecular formula is C9H13BrN4. The number of hydrogen-bond acceptors (Lipinski definition) is 4. The number of hydrogen-bond donors (Lipinski definition) is 1. The minimum Gasteiger partial charge on any atom is -0.365 e. The molecule has 1 fully saturated rings. The van der Waals surface area contributed by atoms with Gasteiger partial charge in [-0.2, -0.15) is 0 Å². The van der Waals surface area contributed by atoms with Crippen molar-refractivity contribution in [3.05, 3.63) is 17.0 Å². The third-order valence-electron chi connectivity index (χ3n) is 2.36. The molecule has 0 aromatic carbocycles. The summed E-state index contributed by atoms with van der Waals surface area (Å²) in [6.45, 7) is 2.24. The second-order valence-corrected chi connectivity index (χ2v) is 4.43. The van der Waals surface area contributed by atoms with E-state index in [1.165, 1.54) is 6.42 Å². The van der Waals surface area contributed by atoms with Crippen LogP contribution in [0.2, 0.25) is 0 Å². The van der Waals surface area contributed by atoms with Crippen LogP contribution in [0.15, 0.2) is 17.0 Å². The van der Waals surface area contributed by atoms with E-state index in [9.17, 15) is 0 Å². The average molecular weight is 257 g/mol. The van der Waals surface area contributed by atoms with Gasteiger partial charge >= 0.3 is 0 Å². The average Bonchev–Trinajstić information content (AvgIpc) is 2.56. The molecule has 5 heteroatoms. The van der Waals surface area contributed by atoms with Gasteiger partial charge in [0.05, 0.1) is 12.4 Å². The number of aromatic nitrogens is 2. The summed E-state index contributed by atoms with van der Waals surface area (Å²) in [7, 11) is 2.13. The van der Waals surface area contributed by atoms with Gasteiger partial charge in [0.1, 0.15) is 10.4 Å². The highest BCUT2D eigenvalue weighted by atomic mass is 79.9. The van der Waals surface area contributed by atoms with Gasteiger partial charge in [0.25, 0.3) is 0 Å². The standard InChI is InChI=1S/C9H13BrN4/c1-14-3-2-7(6-14)13-9-5-11-8(10)4-12-9/h4-5,7H,2-3,6H2,1H3,(H,12,13). The molecule has 4 nitrogen and oxygen atoms in total. The van der Waals surface area contributed by atoms with E-state index >= 15 is 0 Å². The second-order valence-electron chi connectivity index (χ2n) is 3.62. The zero-order chi connectivity index (χ0) is 9.97. The lowest BCUT2D eigenvalue weighted by Gasteiger charge is -2.12. The maximum absolute atomic E-state index is 4.23. The molecule has 2 heterocycles. The Bertz CT molecular complexity index is 300. The third-order valence-corrected chi connectivity index (χ3v) is 2.77. The van der Waals surface area contributed by atoms with Crippen molar-refractivity contribution in [3.8, 4) is 0 Å². The fourth-order valence-electron chi connectivity index (χ4n) is 1.65. The number of likely N-dealkylation sites (tertiary alicyclic amines) is 1. The molecule has 1 aromatic rings. The summed E-state index contributed by atoms with van der Waals surface area (Å²) >= 11 is 3.26. The highest BCUT2D eigenvalue weighted by Crippen LogP contribution is 2.13. The molecule has 0 bridgehead atoms. The molecule has 2 rings (SSSR count). The Morgan fingerprint density at radius 3 is 2.93 bits per heavy atom. The molecule has 1 atom stereocenters. The van der Waals surface area contributed by atoms with E-state index in [1.54, 1.807) is 12.4 Å². The highest BCUT2D eigenvalue weighted by Gasteiger charge is 2.19. The molecule has 0 saturated carbocycles. The van der Waals surface area contributed by atoms with E-state index < -0.39 is 0 Å². The molecule has 1 aliphatic heterocycles. The molecule has 1 N–H and O–H groups in total. The molecule has 1 saturated heterocycles. The summed E-state index contributed by atoms with van der Waals surface area (Å²) in [5.74, 6) is 0.855. The van der Waals surface area contributed by atoms with Gasteiger partial charge in [0.15, 0.2) is 0 Å². The van der Waals surface area contributed by atoms with Crippen molar-refractivity contribution < 1.29 is 0 Å². The quantitative estimate of drug-likeness (QED) is 0.868. The lowest BCUT2D eigenvalue weighted by Crippen LogP contribution is -2.23. The Morgan fingerprint density at radius 1 is 1.50 bits per heavy atom. The molecule has 1 aromatic heterocycles. The van der Waals surface area contributed by atoms with E-state index in [0.717, 1.165) is 23.5 Å². The summed E-state index contributed by atoms with van der Waals surface area (Å²) < 4.78 is 0.770. The number of anilines is 1. The van der Waals surface area contributed by atoms with E-state index in [-0.39, 0.29) is 0 Å². The number of nitrogens with one attached hydrogen (secondary N) is 1. The number of halogens is 1. The van der Waals surface area contributed by atoms with Gasteiger partial charge < -0.3 is 10.2 Å². The topological polar surface area (TPSA) is 41.0 Å². The molecule has 76 valence electrons. The largest absolute Gasteiger partial charge is 0.365 e. The van der Waals surface area contributed by atoms with E-state index in [1.807, 2.05) is 0 Å². The lowest BCUT2D eigenvalue weighted by molar-refractivity contribution is 0.414. The van der Waals surface area contributed by atoms with Gasteiger partial charge in [-0.25, -0.2) is 9.97 Å². The van der Waals surface area contributed by atoms with Gasteiger partial charge in [-0.3, -0.25) is 0 Å². The Balaban J connectivity index is 1.94. The van der Waals surface area contributed by atoms with E-state index in [4.69, 9.17) is 0 Å². The summed E-state index contributed by atoms with van der Waals surface area (Å²) in [5.41, 5.74) is 0. The van der Waals surface area contributed by atoms with Gasteiger partial charge in [-0.1, -0.05) is 0 Å². The van der Waals surface area contributed by atoms with Crippen molar-refractivity contribution in [3.63, 3.8) is 0 Å². The molecule has 14 heavy (non-hydrogen) atoms. The summed E-state index contributed by atoms with van der Waals surface area (Å²) in [5, 5.41) is 3.36. The van der Waals surface area contributed by atoms with Crippen LogP contribution in [0.25, 0.3) is 0 Å². The molecule has 0 aliphatic carbocycles. The fourth-order valence-corrected chi connectivity index (χ4v) is 1.85. The fraction of sp³-hybridized carbons (Fsp3) is 0.556. The van der Waals surface area contributed by atoms with Crippen LogP contribution in [0.3, 0.4) is 0 Å². The summed E-state index contributed by atoms with van der Waals surface area (Å²) in [6, 6.07) is 0.510. The Kier molecular flexibility index (Phi) is 2.98. The molecular weight excluding hydrogens is 244 g/mol. The van der Waals surface area contributed by atoms with Crippen molar-refractivity contribution in [2.24, 2.45) is 0 Å². The SMILES string of the molecule is CN1CCC(Nc2cnc(Br)cn2)C1. The first-order valence-corrected chi connectivity index (χ1v) is 5.46. The maximum atomic E-state index is 4.23. The van der Waals surface area contributed by atoms with Crippen LogP contribution in [0.1, 0.15) is 6.42 Å². The Labute approximate surface area is 91.9 Å². The van der Waals surface area contributed by atoms with Crippen molar-refractivity contribution in [2.45, 2.75) is 12.5 Å². The first-order chi connectivity index (χ1) is 6.74. The van der Waals surface area contributed by atoms with Gasteiger partial charge in [0, 0.05) is 12.6 Å². The zero-order valence-electron chi connectivity index (χ0n) is 8.07. The van der Waals surface area contributed by atoms with Gasteiger partial charge in [-0.15, -0.1) is 0 Å². The number of nitrogens with zero attached hydrogens (tertiary/aromatic N) is 3. The van der Waals surface area contributed by atoms with Crippen molar-refractivity contribution in [1.82, 2.24) is 14.9 Å². The predicted octanol–water partition coefficient (Wildman–Crippen LogP) is 1.36. The zero-order valence-corrected chi connectivity index (χ0v) is 9.66. The number of rotatable bonds is 2. The molecule has 1 unspecified atom stereocenters. The van der Waals surface area contributed by atoms with E-state index in [2.05, 4.69) is 43.2 Å². The van der Waals surface area contributed by atoms with Crippen LogP contribution < -0.4 is 5.32 Å². The Hall–Kier alpha value is -0.680. The summed E-state index contributed by atoms with van der Waals surface area (Å²) in [6.07, 6.45) is 4.64. The van der Waals surface area contributed by atoms with Crippen LogP contribution >= 0.6 is 15.9 Å². The maximum Gasteiger partial charge on any atom is 0.144 e. The monoisotopic (exact) mass is 256 g/mol. The minimum atomic E-state index is 0.510. The van der Waals surface area contributed by atoms with Crippen LogP contribution in [0.5, 0.6) is 0 Å². The van der Waals surface area contributed by atoms with Crippen LogP contribution in [0.4, 0.5) is 5.82 Å².